The lowest BCUT2D eigenvalue weighted by Crippen LogP contribution is -2.25. The van der Waals surface area contributed by atoms with Gasteiger partial charge in [-0.3, -0.25) is 9.34 Å². The zero-order valence-corrected chi connectivity index (χ0v) is 11.6. The molecule has 0 rings (SSSR count). The Morgan fingerprint density at radius 1 is 0.833 bits per heavy atom. The maximum absolute atomic E-state index is 2.58. The summed E-state index contributed by atoms with van der Waals surface area (Å²) in [6, 6.07) is 0. The number of hydrogen-bond acceptors (Lipinski definition) is 2. The van der Waals surface area contributed by atoms with Crippen molar-refractivity contribution in [3.63, 3.8) is 0 Å². The van der Waals surface area contributed by atoms with Gasteiger partial charge in [0.25, 0.3) is 0 Å². The molecule has 0 saturated carbocycles. The molecule has 4 heteroatoms. The van der Waals surface area contributed by atoms with Crippen molar-refractivity contribution in [2.24, 2.45) is 0 Å². The highest BCUT2D eigenvalue weighted by Crippen LogP contribution is 2.51. The summed E-state index contributed by atoms with van der Waals surface area (Å²) in [5, 5.41) is 0. The first-order chi connectivity index (χ1) is 5.71. The highest BCUT2D eigenvalue weighted by atomic mass is 127. The molecule has 0 N–H and O–H groups in total. The van der Waals surface area contributed by atoms with Crippen LogP contribution in [0, 0.1) is 0 Å². The monoisotopic (exact) mass is 302 g/mol. The molecule has 12 heavy (non-hydrogen) atoms. The fourth-order valence-corrected chi connectivity index (χ4v) is 6.05. The van der Waals surface area contributed by atoms with E-state index in [0.717, 1.165) is 0 Å². The number of halogens is 1. The van der Waals surface area contributed by atoms with Crippen molar-refractivity contribution >= 4 is 27.9 Å². The van der Waals surface area contributed by atoms with Gasteiger partial charge in [-0.2, -0.15) is 0 Å². The number of nitrogens with zero attached hydrogens (tertiary/aromatic N) is 2. The van der Waals surface area contributed by atoms with Gasteiger partial charge in [0.2, 0.25) is 0 Å². The summed E-state index contributed by atoms with van der Waals surface area (Å²) in [5.74, 6) is -0.0712. The van der Waals surface area contributed by atoms with Crippen LogP contribution in [0.4, 0.5) is 0 Å². The molecular formula is C8H20IN2P. The Hall–Kier alpha value is 1.08. The van der Waals surface area contributed by atoms with E-state index in [2.05, 4.69) is 59.1 Å². The van der Waals surface area contributed by atoms with Gasteiger partial charge in [0.05, 0.1) is 0 Å². The molecule has 0 aliphatic heterocycles. The first-order valence-electron chi connectivity index (χ1n) is 4.66. The third-order valence-corrected chi connectivity index (χ3v) is 7.65. The van der Waals surface area contributed by atoms with Gasteiger partial charge in [0.15, 0.2) is 0 Å². The van der Waals surface area contributed by atoms with Crippen LogP contribution in [0.3, 0.4) is 0 Å². The van der Waals surface area contributed by atoms with E-state index in [1.165, 1.54) is 26.2 Å². The summed E-state index contributed by atoms with van der Waals surface area (Å²) in [7, 11) is 0. The molecule has 0 bridgehead atoms. The van der Waals surface area contributed by atoms with Crippen molar-refractivity contribution in [3.8, 4) is 0 Å². The Labute approximate surface area is 91.0 Å². The molecule has 0 heterocycles. The first-order valence-corrected chi connectivity index (χ1v) is 8.70. The molecule has 0 aliphatic rings. The van der Waals surface area contributed by atoms with Crippen molar-refractivity contribution in [2.45, 2.75) is 27.7 Å². The Balaban J connectivity index is 4.02. The average molecular weight is 302 g/mol. The minimum absolute atomic E-state index is 0.0712. The molecule has 2 nitrogen and oxygen atoms in total. The Kier molecular flexibility index (Phi) is 8.15. The van der Waals surface area contributed by atoms with E-state index in [-0.39, 0.29) is 5.87 Å². The van der Waals surface area contributed by atoms with Crippen molar-refractivity contribution in [2.75, 3.05) is 26.2 Å². The second kappa shape index (κ2) is 7.48. The molecule has 0 spiro atoms. The summed E-state index contributed by atoms with van der Waals surface area (Å²) in [6.45, 7) is 13.6. The molecule has 0 amide bonds. The lowest BCUT2D eigenvalue weighted by atomic mass is 10.7. The van der Waals surface area contributed by atoms with Gasteiger partial charge >= 0.3 is 0 Å². The lowest BCUT2D eigenvalue weighted by molar-refractivity contribution is 0.437. The van der Waals surface area contributed by atoms with Crippen molar-refractivity contribution in [1.29, 1.82) is 0 Å². The van der Waals surface area contributed by atoms with Crippen LogP contribution >= 0.6 is 27.9 Å². The maximum Gasteiger partial charge on any atom is 0.107 e. The molecular weight excluding hydrogens is 282 g/mol. The van der Waals surface area contributed by atoms with Crippen LogP contribution in [0.1, 0.15) is 27.7 Å². The molecule has 0 atom stereocenters. The topological polar surface area (TPSA) is 6.48 Å². The molecule has 0 aromatic rings. The minimum atomic E-state index is -0.0712. The van der Waals surface area contributed by atoms with E-state index in [1.54, 1.807) is 0 Å². The fraction of sp³-hybridized carbons (Fsp3) is 1.00. The lowest BCUT2D eigenvalue weighted by Gasteiger charge is -2.32. The highest BCUT2D eigenvalue weighted by molar-refractivity contribution is 14.2. The van der Waals surface area contributed by atoms with E-state index in [9.17, 15) is 0 Å². The second-order valence-corrected chi connectivity index (χ2v) is 6.72. The van der Waals surface area contributed by atoms with Gasteiger partial charge in [-0.05, 0) is 22.0 Å². The predicted molar refractivity (Wildman–Crippen MR) is 66.8 cm³/mol. The summed E-state index contributed by atoms with van der Waals surface area (Å²) >= 11 is 2.58. The largest absolute Gasteiger partial charge is 0.262 e. The summed E-state index contributed by atoms with van der Waals surface area (Å²) in [6.07, 6.45) is 0. The molecule has 0 radical (unpaired) electrons. The molecule has 74 valence electrons. The second-order valence-electron chi connectivity index (χ2n) is 2.52. The highest BCUT2D eigenvalue weighted by Gasteiger charge is 2.17. The normalized spacial score (nSPS) is 12.0. The maximum atomic E-state index is 2.58. The SMILES string of the molecule is CCN(CC)P(I)N(CC)CC. The Bertz CT molecular complexity index is 93.2. The van der Waals surface area contributed by atoms with Crippen LogP contribution in [0.25, 0.3) is 0 Å². The average Bonchev–Trinajstić information content (AvgIpc) is 2.09. The standard InChI is InChI=1S/C8H20IN2P/c1-5-10(6-2)12(9)11(7-3)8-4/h5-8H2,1-4H3. The van der Waals surface area contributed by atoms with Gasteiger partial charge in [-0.1, -0.05) is 27.7 Å². The quantitative estimate of drug-likeness (QED) is 0.548. The number of hydrogen-bond donors (Lipinski definition) is 0. The zero-order valence-electron chi connectivity index (χ0n) is 8.55. The van der Waals surface area contributed by atoms with Crippen LogP contribution in [0.15, 0.2) is 0 Å². The fourth-order valence-electron chi connectivity index (χ4n) is 1.09. The van der Waals surface area contributed by atoms with E-state index >= 15 is 0 Å². The van der Waals surface area contributed by atoms with Gasteiger partial charge in [-0.15, -0.1) is 0 Å². The first kappa shape index (κ1) is 13.1. The van der Waals surface area contributed by atoms with Gasteiger partial charge in [0.1, 0.15) is 5.87 Å². The van der Waals surface area contributed by atoms with Crippen LogP contribution < -0.4 is 0 Å². The molecule has 0 unspecified atom stereocenters. The molecule has 0 aliphatic carbocycles. The van der Waals surface area contributed by atoms with Crippen LogP contribution in [-0.4, -0.2) is 35.5 Å². The van der Waals surface area contributed by atoms with Gasteiger partial charge in [0, 0.05) is 26.2 Å². The van der Waals surface area contributed by atoms with E-state index in [4.69, 9.17) is 0 Å². The molecule has 0 saturated heterocycles. The summed E-state index contributed by atoms with van der Waals surface area (Å²) < 4.78 is 5.06. The number of rotatable bonds is 6. The molecule has 0 aromatic carbocycles. The predicted octanol–water partition coefficient (Wildman–Crippen LogP) is 3.33. The Morgan fingerprint density at radius 2 is 1.08 bits per heavy atom. The van der Waals surface area contributed by atoms with Crippen LogP contribution in [-0.2, 0) is 0 Å². The zero-order chi connectivity index (χ0) is 9.56. The Morgan fingerprint density at radius 3 is 1.25 bits per heavy atom. The van der Waals surface area contributed by atoms with E-state index in [1.807, 2.05) is 0 Å². The van der Waals surface area contributed by atoms with E-state index in [0.29, 0.717) is 0 Å². The van der Waals surface area contributed by atoms with E-state index < -0.39 is 0 Å². The third kappa shape index (κ3) is 3.86. The minimum Gasteiger partial charge on any atom is -0.262 e. The van der Waals surface area contributed by atoms with Crippen molar-refractivity contribution < 1.29 is 0 Å². The van der Waals surface area contributed by atoms with Gasteiger partial charge < -0.3 is 0 Å². The summed E-state index contributed by atoms with van der Waals surface area (Å²) in [4.78, 5) is 0. The molecule has 0 fully saturated rings. The van der Waals surface area contributed by atoms with Crippen molar-refractivity contribution in [3.05, 3.63) is 0 Å². The molecule has 0 aromatic heterocycles. The smallest absolute Gasteiger partial charge is 0.107 e. The third-order valence-electron chi connectivity index (χ3n) is 1.93. The van der Waals surface area contributed by atoms with Crippen LogP contribution in [0.2, 0.25) is 0 Å². The summed E-state index contributed by atoms with van der Waals surface area (Å²) in [5.41, 5.74) is 0. The van der Waals surface area contributed by atoms with Gasteiger partial charge in [-0.25, -0.2) is 0 Å². The van der Waals surface area contributed by atoms with Crippen molar-refractivity contribution in [1.82, 2.24) is 9.34 Å². The van der Waals surface area contributed by atoms with Crippen LogP contribution in [0.5, 0.6) is 0 Å².